The van der Waals surface area contributed by atoms with Crippen LogP contribution in [0.1, 0.15) is 11.1 Å². The van der Waals surface area contributed by atoms with Crippen molar-refractivity contribution in [3.63, 3.8) is 0 Å². The normalized spacial score (nSPS) is 14.8. The van der Waals surface area contributed by atoms with Gasteiger partial charge in [-0.2, -0.15) is 0 Å². The van der Waals surface area contributed by atoms with Gasteiger partial charge in [0.05, 0.1) is 15.5 Å². The summed E-state index contributed by atoms with van der Waals surface area (Å²) in [6, 6.07) is 12.2. The van der Waals surface area contributed by atoms with Crippen LogP contribution in [0.3, 0.4) is 0 Å². The van der Waals surface area contributed by atoms with Crippen LogP contribution in [0, 0.1) is 10.1 Å². The van der Waals surface area contributed by atoms with E-state index in [-0.39, 0.29) is 10.6 Å². The van der Waals surface area contributed by atoms with Gasteiger partial charge >= 0.3 is 0 Å². The van der Waals surface area contributed by atoms with Gasteiger partial charge in [0.1, 0.15) is 0 Å². The molecule has 0 fully saturated rings. The topological polar surface area (TPSA) is 80.5 Å². The number of rotatable bonds is 3. The summed E-state index contributed by atoms with van der Waals surface area (Å²) in [5.41, 5.74) is 2.86. The molecule has 126 valence electrons. The SMILES string of the molecule is CS(=O)(=O)c1cc([N+](=O)[O-])ccc1N1CCc2ccccc2CC1. The maximum Gasteiger partial charge on any atom is 0.270 e. The standard InChI is InChI=1S/C17H18N2O4S/c1-24(22,23)17-12-15(19(20)21)6-7-16(17)18-10-8-13-4-2-3-5-14(13)9-11-18/h2-7,12H,8-11H2,1H3. The number of hydrogen-bond donors (Lipinski definition) is 0. The lowest BCUT2D eigenvalue weighted by Gasteiger charge is -2.24. The number of sulfone groups is 1. The molecule has 0 atom stereocenters. The molecule has 0 amide bonds. The summed E-state index contributed by atoms with van der Waals surface area (Å²) in [5, 5.41) is 11.0. The first-order chi connectivity index (χ1) is 11.4. The molecule has 0 spiro atoms. The molecule has 0 saturated carbocycles. The van der Waals surface area contributed by atoms with Crippen molar-refractivity contribution in [3.8, 4) is 0 Å². The summed E-state index contributed by atoms with van der Waals surface area (Å²) in [6.07, 6.45) is 2.72. The smallest absolute Gasteiger partial charge is 0.270 e. The van der Waals surface area contributed by atoms with Crippen LogP contribution >= 0.6 is 0 Å². The van der Waals surface area contributed by atoms with Crippen molar-refractivity contribution in [2.45, 2.75) is 17.7 Å². The second-order valence-electron chi connectivity index (χ2n) is 5.94. The highest BCUT2D eigenvalue weighted by molar-refractivity contribution is 7.90. The van der Waals surface area contributed by atoms with Gasteiger partial charge in [-0.1, -0.05) is 24.3 Å². The highest BCUT2D eigenvalue weighted by atomic mass is 32.2. The van der Waals surface area contributed by atoms with Crippen LogP contribution in [-0.4, -0.2) is 32.7 Å². The summed E-state index contributed by atoms with van der Waals surface area (Å²) in [7, 11) is -3.56. The van der Waals surface area contributed by atoms with E-state index in [9.17, 15) is 18.5 Å². The average molecular weight is 346 g/mol. The Hall–Kier alpha value is -2.41. The minimum absolute atomic E-state index is 0.0163. The molecule has 0 unspecified atom stereocenters. The minimum atomic E-state index is -3.56. The third-order valence-electron chi connectivity index (χ3n) is 4.31. The van der Waals surface area contributed by atoms with E-state index >= 15 is 0 Å². The molecule has 1 heterocycles. The Balaban J connectivity index is 1.99. The van der Waals surface area contributed by atoms with Crippen LogP contribution in [0.4, 0.5) is 11.4 Å². The summed E-state index contributed by atoms with van der Waals surface area (Å²) in [5.74, 6) is 0. The quantitative estimate of drug-likeness (QED) is 0.630. The third-order valence-corrected chi connectivity index (χ3v) is 5.44. The lowest BCUT2D eigenvalue weighted by molar-refractivity contribution is -0.385. The average Bonchev–Trinajstić information content (AvgIpc) is 2.76. The molecule has 7 heteroatoms. The van der Waals surface area contributed by atoms with E-state index in [4.69, 9.17) is 0 Å². The third kappa shape index (κ3) is 3.26. The maximum atomic E-state index is 12.1. The van der Waals surface area contributed by atoms with E-state index in [1.807, 2.05) is 17.0 Å². The van der Waals surface area contributed by atoms with Gasteiger partial charge in [-0.3, -0.25) is 10.1 Å². The zero-order valence-corrected chi connectivity index (χ0v) is 14.1. The summed E-state index contributed by atoms with van der Waals surface area (Å²) in [6.45, 7) is 1.36. The van der Waals surface area contributed by atoms with E-state index in [2.05, 4.69) is 12.1 Å². The van der Waals surface area contributed by atoms with E-state index < -0.39 is 14.8 Å². The zero-order valence-electron chi connectivity index (χ0n) is 13.3. The Labute approximate surface area is 140 Å². The first-order valence-corrected chi connectivity index (χ1v) is 9.55. The number of nitro groups is 1. The first-order valence-electron chi connectivity index (χ1n) is 7.66. The van der Waals surface area contributed by atoms with Crippen molar-refractivity contribution >= 4 is 21.2 Å². The molecule has 2 aromatic carbocycles. The number of nitro benzene ring substituents is 1. The van der Waals surface area contributed by atoms with E-state index in [1.165, 1.54) is 17.2 Å². The second kappa shape index (κ2) is 6.24. The van der Waals surface area contributed by atoms with Gasteiger partial charge in [-0.25, -0.2) is 8.42 Å². The Morgan fingerprint density at radius 3 is 2.12 bits per heavy atom. The maximum absolute atomic E-state index is 12.1. The Bertz CT molecular complexity index is 866. The van der Waals surface area contributed by atoms with Crippen molar-refractivity contribution in [3.05, 3.63) is 63.7 Å². The van der Waals surface area contributed by atoms with Crippen molar-refractivity contribution < 1.29 is 13.3 Å². The van der Waals surface area contributed by atoms with Gasteiger partial charge < -0.3 is 4.90 Å². The van der Waals surface area contributed by atoms with Gasteiger partial charge in [0.2, 0.25) is 0 Å². The molecule has 6 nitrogen and oxygen atoms in total. The molecule has 2 aromatic rings. The fourth-order valence-electron chi connectivity index (χ4n) is 3.08. The van der Waals surface area contributed by atoms with Gasteiger partial charge in [0.15, 0.2) is 9.84 Å². The second-order valence-corrected chi connectivity index (χ2v) is 7.92. The molecule has 3 rings (SSSR count). The molecule has 1 aliphatic rings. The van der Waals surface area contributed by atoms with Gasteiger partial charge in [0.25, 0.3) is 5.69 Å². The van der Waals surface area contributed by atoms with Gasteiger partial charge in [0, 0.05) is 31.5 Å². The lowest BCUT2D eigenvalue weighted by Crippen LogP contribution is -2.27. The Morgan fingerprint density at radius 2 is 1.62 bits per heavy atom. The van der Waals surface area contributed by atoms with Crippen LogP contribution in [0.15, 0.2) is 47.4 Å². The van der Waals surface area contributed by atoms with Crippen molar-refractivity contribution in [1.29, 1.82) is 0 Å². The number of nitrogens with zero attached hydrogens (tertiary/aromatic N) is 2. The monoisotopic (exact) mass is 346 g/mol. The number of fused-ring (bicyclic) bond motifs is 1. The van der Waals surface area contributed by atoms with Crippen LogP contribution < -0.4 is 4.90 Å². The summed E-state index contributed by atoms with van der Waals surface area (Å²) < 4.78 is 24.3. The largest absolute Gasteiger partial charge is 0.370 e. The zero-order chi connectivity index (χ0) is 17.3. The Kier molecular flexibility index (Phi) is 4.28. The Morgan fingerprint density at radius 1 is 1.04 bits per heavy atom. The lowest BCUT2D eigenvalue weighted by atomic mass is 10.0. The molecular formula is C17H18N2O4S. The number of anilines is 1. The molecule has 0 N–H and O–H groups in total. The molecule has 0 aliphatic carbocycles. The highest BCUT2D eigenvalue weighted by Crippen LogP contribution is 2.31. The first kappa shape index (κ1) is 16.4. The van der Waals surface area contributed by atoms with E-state index in [0.29, 0.717) is 18.8 Å². The van der Waals surface area contributed by atoms with Crippen molar-refractivity contribution in [2.75, 3.05) is 24.2 Å². The number of benzene rings is 2. The van der Waals surface area contributed by atoms with Crippen LogP contribution in [0.5, 0.6) is 0 Å². The molecule has 24 heavy (non-hydrogen) atoms. The van der Waals surface area contributed by atoms with E-state index in [0.717, 1.165) is 25.2 Å². The molecule has 0 bridgehead atoms. The fraction of sp³-hybridized carbons (Fsp3) is 0.294. The predicted molar refractivity (Wildman–Crippen MR) is 92.3 cm³/mol. The molecule has 0 saturated heterocycles. The van der Waals surface area contributed by atoms with Crippen LogP contribution in [0.2, 0.25) is 0 Å². The molecule has 0 aromatic heterocycles. The van der Waals surface area contributed by atoms with Crippen LogP contribution in [-0.2, 0) is 22.7 Å². The minimum Gasteiger partial charge on any atom is -0.370 e. The van der Waals surface area contributed by atoms with Crippen LogP contribution in [0.25, 0.3) is 0 Å². The molecule has 0 radical (unpaired) electrons. The molecule has 1 aliphatic heterocycles. The predicted octanol–water partition coefficient (Wildman–Crippen LogP) is 2.60. The van der Waals surface area contributed by atoms with Gasteiger partial charge in [-0.05, 0) is 30.0 Å². The number of non-ortho nitro benzene ring substituents is 1. The number of hydrogen-bond acceptors (Lipinski definition) is 5. The van der Waals surface area contributed by atoms with E-state index in [1.54, 1.807) is 6.07 Å². The summed E-state index contributed by atoms with van der Waals surface area (Å²) in [4.78, 5) is 12.4. The van der Waals surface area contributed by atoms with Crippen molar-refractivity contribution in [1.82, 2.24) is 0 Å². The summed E-state index contributed by atoms with van der Waals surface area (Å²) >= 11 is 0. The fourth-order valence-corrected chi connectivity index (χ4v) is 4.00. The van der Waals surface area contributed by atoms with Gasteiger partial charge in [-0.15, -0.1) is 0 Å². The van der Waals surface area contributed by atoms with Crippen molar-refractivity contribution in [2.24, 2.45) is 0 Å². The molecular weight excluding hydrogens is 328 g/mol. The highest BCUT2D eigenvalue weighted by Gasteiger charge is 2.23.